The maximum atomic E-state index is 12.8. The van der Waals surface area contributed by atoms with Crippen molar-refractivity contribution in [2.45, 2.75) is 52.6 Å². The molecular weight excluding hydrogens is 458 g/mol. The number of rotatable bonds is 5. The Labute approximate surface area is 199 Å². The zero-order valence-corrected chi connectivity index (χ0v) is 20.1. The second-order valence-electron chi connectivity index (χ2n) is 8.99. The van der Waals surface area contributed by atoms with Crippen LogP contribution in [0, 0.1) is 24.0 Å². The molecule has 0 atom stereocenters. The second-order valence-corrected chi connectivity index (χ2v) is 10.1. The number of nitrogens with one attached hydrogen (secondary N) is 1. The number of hydrogen-bond donors (Lipinski definition) is 1. The molecule has 2 aliphatic rings. The van der Waals surface area contributed by atoms with Crippen molar-refractivity contribution in [3.05, 3.63) is 48.1 Å². The molecule has 0 aromatic carbocycles. The average Bonchev–Trinajstić information content (AvgIpc) is 3.30. The first kappa shape index (κ1) is 22.7. The number of piperazine rings is 1. The molecule has 0 unspecified atom stereocenters. The van der Waals surface area contributed by atoms with Crippen LogP contribution in [-0.4, -0.2) is 66.6 Å². The van der Waals surface area contributed by atoms with Gasteiger partial charge >= 0.3 is 5.69 Å². The Bertz CT molecular complexity index is 1330. The molecule has 1 saturated heterocycles. The van der Waals surface area contributed by atoms with Gasteiger partial charge in [0.25, 0.3) is 5.56 Å². The van der Waals surface area contributed by atoms with Crippen LogP contribution < -0.4 is 5.56 Å². The van der Waals surface area contributed by atoms with Crippen molar-refractivity contribution in [3.8, 4) is 0 Å². The van der Waals surface area contributed by atoms with Crippen LogP contribution in [0.4, 0.5) is 5.69 Å². The zero-order valence-electron chi connectivity index (χ0n) is 19.3. The van der Waals surface area contributed by atoms with Crippen molar-refractivity contribution in [2.24, 2.45) is 0 Å². The van der Waals surface area contributed by atoms with Crippen LogP contribution in [0.25, 0.3) is 10.2 Å². The van der Waals surface area contributed by atoms with Crippen molar-refractivity contribution >= 4 is 33.1 Å². The Morgan fingerprint density at radius 2 is 1.91 bits per heavy atom. The Morgan fingerprint density at radius 1 is 1.18 bits per heavy atom. The van der Waals surface area contributed by atoms with Gasteiger partial charge in [0.15, 0.2) is 0 Å². The highest BCUT2D eigenvalue weighted by atomic mass is 32.1. The van der Waals surface area contributed by atoms with Crippen LogP contribution >= 0.6 is 11.3 Å². The Morgan fingerprint density at radius 3 is 2.62 bits per heavy atom. The lowest BCUT2D eigenvalue weighted by Gasteiger charge is -2.34. The van der Waals surface area contributed by atoms with Gasteiger partial charge in [0.1, 0.15) is 28.6 Å². The van der Waals surface area contributed by atoms with E-state index in [0.717, 1.165) is 29.5 Å². The van der Waals surface area contributed by atoms with Crippen LogP contribution in [0.2, 0.25) is 0 Å². The number of aryl methyl sites for hydroxylation is 3. The SMILES string of the molecule is Cc1nn(CC(=O)N2CCN(Cc3nc4sc5c(c4c(=O)[nH]3)CCCC5)CC2)c(C)c1[N+](=O)[O-]. The number of amides is 1. The highest BCUT2D eigenvalue weighted by Crippen LogP contribution is 2.33. The van der Waals surface area contributed by atoms with E-state index in [0.29, 0.717) is 49.9 Å². The zero-order chi connectivity index (χ0) is 24.0. The van der Waals surface area contributed by atoms with E-state index in [1.807, 2.05) is 0 Å². The molecule has 3 aromatic heterocycles. The quantitative estimate of drug-likeness (QED) is 0.432. The van der Waals surface area contributed by atoms with Gasteiger partial charge in [0, 0.05) is 31.1 Å². The predicted octanol–water partition coefficient (Wildman–Crippen LogP) is 1.93. The summed E-state index contributed by atoms with van der Waals surface area (Å²) in [6.45, 7) is 6.09. The molecule has 12 heteroatoms. The monoisotopic (exact) mass is 485 g/mol. The maximum Gasteiger partial charge on any atom is 0.312 e. The highest BCUT2D eigenvalue weighted by Gasteiger charge is 2.27. The van der Waals surface area contributed by atoms with Crippen molar-refractivity contribution < 1.29 is 9.72 Å². The van der Waals surface area contributed by atoms with E-state index >= 15 is 0 Å². The van der Waals surface area contributed by atoms with E-state index in [1.165, 1.54) is 21.5 Å². The van der Waals surface area contributed by atoms with Gasteiger partial charge in [-0.3, -0.25) is 29.3 Å². The molecule has 3 aromatic rings. The first-order valence-corrected chi connectivity index (χ1v) is 12.4. The number of nitrogens with zero attached hydrogens (tertiary/aromatic N) is 6. The van der Waals surface area contributed by atoms with E-state index in [1.54, 1.807) is 30.1 Å². The molecule has 0 spiro atoms. The summed E-state index contributed by atoms with van der Waals surface area (Å²) in [7, 11) is 0. The number of nitro groups is 1. The van der Waals surface area contributed by atoms with Gasteiger partial charge in [0.2, 0.25) is 5.91 Å². The third-order valence-electron chi connectivity index (χ3n) is 6.78. The van der Waals surface area contributed by atoms with E-state index in [4.69, 9.17) is 4.98 Å². The van der Waals surface area contributed by atoms with Crippen LogP contribution in [0.15, 0.2) is 4.79 Å². The molecular formula is C22H27N7O4S. The number of carbonyl (C=O) groups excluding carboxylic acids is 1. The van der Waals surface area contributed by atoms with Gasteiger partial charge in [-0.2, -0.15) is 5.10 Å². The predicted molar refractivity (Wildman–Crippen MR) is 127 cm³/mol. The molecule has 11 nitrogen and oxygen atoms in total. The van der Waals surface area contributed by atoms with E-state index < -0.39 is 4.92 Å². The lowest BCUT2D eigenvalue weighted by Crippen LogP contribution is -2.49. The molecule has 34 heavy (non-hydrogen) atoms. The smallest absolute Gasteiger partial charge is 0.312 e. The molecule has 180 valence electrons. The van der Waals surface area contributed by atoms with Crippen LogP contribution in [0.5, 0.6) is 0 Å². The molecule has 1 amide bonds. The number of H-pyrrole nitrogens is 1. The summed E-state index contributed by atoms with van der Waals surface area (Å²) in [5.41, 5.74) is 1.79. The van der Waals surface area contributed by atoms with E-state index in [9.17, 15) is 19.7 Å². The van der Waals surface area contributed by atoms with Gasteiger partial charge in [-0.05, 0) is 45.1 Å². The van der Waals surface area contributed by atoms with Gasteiger partial charge in [-0.1, -0.05) is 0 Å². The second kappa shape index (κ2) is 8.91. The molecule has 1 fully saturated rings. The molecule has 4 heterocycles. The summed E-state index contributed by atoms with van der Waals surface area (Å²) in [6.07, 6.45) is 4.29. The van der Waals surface area contributed by atoms with E-state index in [2.05, 4.69) is 15.0 Å². The summed E-state index contributed by atoms with van der Waals surface area (Å²) in [6, 6.07) is 0. The number of aromatic amines is 1. The van der Waals surface area contributed by atoms with Crippen LogP contribution in [0.3, 0.4) is 0 Å². The number of fused-ring (bicyclic) bond motifs is 3. The summed E-state index contributed by atoms with van der Waals surface area (Å²) in [5, 5.41) is 16.1. The Hall–Kier alpha value is -3.12. The summed E-state index contributed by atoms with van der Waals surface area (Å²) >= 11 is 1.65. The molecule has 1 N–H and O–H groups in total. The molecule has 1 aliphatic heterocycles. The first-order chi connectivity index (χ1) is 16.3. The van der Waals surface area contributed by atoms with Gasteiger partial charge in [0.05, 0.1) is 16.9 Å². The fourth-order valence-corrected chi connectivity index (χ4v) is 6.27. The van der Waals surface area contributed by atoms with Crippen molar-refractivity contribution in [2.75, 3.05) is 26.2 Å². The molecule has 0 bridgehead atoms. The van der Waals surface area contributed by atoms with Gasteiger partial charge < -0.3 is 9.88 Å². The summed E-state index contributed by atoms with van der Waals surface area (Å²) < 4.78 is 1.41. The van der Waals surface area contributed by atoms with E-state index in [-0.39, 0.29) is 23.7 Å². The van der Waals surface area contributed by atoms with Crippen molar-refractivity contribution in [3.63, 3.8) is 0 Å². The largest absolute Gasteiger partial charge is 0.339 e. The number of carbonyl (C=O) groups is 1. The Kier molecular flexibility index (Phi) is 5.94. The summed E-state index contributed by atoms with van der Waals surface area (Å²) in [5.74, 6) is 0.545. The topological polar surface area (TPSA) is 130 Å². The lowest BCUT2D eigenvalue weighted by molar-refractivity contribution is -0.386. The fourth-order valence-electron chi connectivity index (χ4n) is 4.98. The van der Waals surface area contributed by atoms with Crippen molar-refractivity contribution in [1.82, 2.24) is 29.5 Å². The standard InChI is InChI=1S/C22H27N7O4S/c1-13-20(29(32)33)14(2)28(25-13)12-18(30)27-9-7-26(8-10-27)11-17-23-21(31)19-15-5-3-4-6-16(15)34-22(19)24-17/h3-12H2,1-2H3,(H,23,24,31). The van der Waals surface area contributed by atoms with Gasteiger partial charge in [-0.15, -0.1) is 11.3 Å². The number of thiophene rings is 1. The van der Waals surface area contributed by atoms with Crippen LogP contribution in [0.1, 0.15) is 40.5 Å². The third kappa shape index (κ3) is 4.11. The molecule has 1 aliphatic carbocycles. The van der Waals surface area contributed by atoms with Crippen molar-refractivity contribution in [1.29, 1.82) is 0 Å². The maximum absolute atomic E-state index is 12.8. The lowest BCUT2D eigenvalue weighted by atomic mass is 9.97. The highest BCUT2D eigenvalue weighted by molar-refractivity contribution is 7.18. The minimum Gasteiger partial charge on any atom is -0.339 e. The first-order valence-electron chi connectivity index (χ1n) is 11.5. The normalized spacial score (nSPS) is 16.7. The number of hydrogen-bond acceptors (Lipinski definition) is 8. The minimum absolute atomic E-state index is 0.0187. The van der Waals surface area contributed by atoms with Gasteiger partial charge in [-0.25, -0.2) is 4.98 Å². The fraction of sp³-hybridized carbons (Fsp3) is 0.545. The summed E-state index contributed by atoms with van der Waals surface area (Å²) in [4.78, 5) is 50.1. The average molecular weight is 486 g/mol. The minimum atomic E-state index is -0.460. The Balaban J connectivity index is 1.22. The number of aromatic nitrogens is 4. The molecule has 0 saturated carbocycles. The molecule has 0 radical (unpaired) electrons. The molecule has 5 rings (SSSR count). The third-order valence-corrected chi connectivity index (χ3v) is 7.97. The van der Waals surface area contributed by atoms with Crippen LogP contribution in [-0.2, 0) is 30.7 Å².